The summed E-state index contributed by atoms with van der Waals surface area (Å²) in [6.45, 7) is 3.83. The molecule has 4 nitrogen and oxygen atoms in total. The van der Waals surface area contributed by atoms with Crippen molar-refractivity contribution in [3.63, 3.8) is 0 Å². The third-order valence-electron chi connectivity index (χ3n) is 4.41. The van der Waals surface area contributed by atoms with Gasteiger partial charge in [-0.1, -0.05) is 37.3 Å². The van der Waals surface area contributed by atoms with Crippen molar-refractivity contribution in [1.29, 1.82) is 0 Å². The Morgan fingerprint density at radius 3 is 2.37 bits per heavy atom. The van der Waals surface area contributed by atoms with Crippen molar-refractivity contribution in [3.05, 3.63) is 89.7 Å². The summed E-state index contributed by atoms with van der Waals surface area (Å²) in [4.78, 5) is 16.5. The molecule has 0 aliphatic heterocycles. The number of carbonyl (C=O) groups excluding carboxylic acids is 1. The maximum atomic E-state index is 12.4. The lowest BCUT2D eigenvalue weighted by atomic mass is 10.1. The summed E-state index contributed by atoms with van der Waals surface area (Å²) in [6, 6.07) is 19.7. The normalized spacial score (nSPS) is 11.6. The predicted molar refractivity (Wildman–Crippen MR) is 108 cm³/mol. The highest BCUT2D eigenvalue weighted by Gasteiger charge is 2.16. The highest BCUT2D eigenvalue weighted by atomic mass is 16.5. The Bertz CT molecular complexity index is 876. The van der Waals surface area contributed by atoms with Gasteiger partial charge in [-0.25, -0.2) is 0 Å². The number of aromatic nitrogens is 1. The van der Waals surface area contributed by atoms with Crippen LogP contribution in [-0.2, 0) is 17.6 Å². The molecule has 0 aliphatic carbocycles. The zero-order valence-corrected chi connectivity index (χ0v) is 15.7. The fourth-order valence-corrected chi connectivity index (χ4v) is 2.84. The van der Waals surface area contributed by atoms with Gasteiger partial charge in [0, 0.05) is 18.1 Å². The van der Waals surface area contributed by atoms with Crippen LogP contribution in [0, 0.1) is 0 Å². The molecule has 0 radical (unpaired) electrons. The second kappa shape index (κ2) is 8.99. The van der Waals surface area contributed by atoms with Crippen LogP contribution in [0.1, 0.15) is 30.5 Å². The molecule has 0 fully saturated rings. The molecule has 27 heavy (non-hydrogen) atoms. The van der Waals surface area contributed by atoms with Gasteiger partial charge in [0.05, 0.1) is 0 Å². The number of benzene rings is 2. The minimum absolute atomic E-state index is 0.164. The number of amides is 1. The van der Waals surface area contributed by atoms with E-state index in [4.69, 9.17) is 4.74 Å². The van der Waals surface area contributed by atoms with Gasteiger partial charge < -0.3 is 10.1 Å². The Balaban J connectivity index is 1.58. The number of carbonyl (C=O) groups is 1. The quantitative estimate of drug-likeness (QED) is 0.668. The van der Waals surface area contributed by atoms with Crippen LogP contribution in [0.5, 0.6) is 5.75 Å². The van der Waals surface area contributed by atoms with E-state index in [1.807, 2.05) is 60.7 Å². The van der Waals surface area contributed by atoms with Gasteiger partial charge in [0.1, 0.15) is 5.75 Å². The van der Waals surface area contributed by atoms with Gasteiger partial charge in [0.2, 0.25) is 0 Å². The Morgan fingerprint density at radius 2 is 1.67 bits per heavy atom. The molecule has 1 atom stereocenters. The van der Waals surface area contributed by atoms with Crippen molar-refractivity contribution in [1.82, 2.24) is 4.98 Å². The third kappa shape index (κ3) is 5.17. The Hall–Kier alpha value is -3.14. The SMILES string of the molecule is CCc1ccccc1O[C@H](C)C(=O)Nc1ccc(Cc2ccncc2)cc1. The number of hydrogen-bond acceptors (Lipinski definition) is 3. The standard InChI is InChI=1S/C23H24N2O2/c1-3-20-6-4-5-7-22(20)27-17(2)23(26)25-21-10-8-18(9-11-21)16-19-12-14-24-15-13-19/h4-15,17H,3,16H2,1-2H3,(H,25,26)/t17-/m1/s1. The molecule has 0 saturated carbocycles. The van der Waals surface area contributed by atoms with Crippen LogP contribution < -0.4 is 10.1 Å². The molecule has 0 aliphatic rings. The first-order valence-electron chi connectivity index (χ1n) is 9.19. The Labute approximate surface area is 160 Å². The molecule has 1 aromatic heterocycles. The molecule has 138 valence electrons. The monoisotopic (exact) mass is 360 g/mol. The molecule has 0 unspecified atom stereocenters. The van der Waals surface area contributed by atoms with Crippen LogP contribution in [-0.4, -0.2) is 17.0 Å². The first-order chi connectivity index (χ1) is 13.2. The number of para-hydroxylation sites is 1. The van der Waals surface area contributed by atoms with Crippen LogP contribution in [0.2, 0.25) is 0 Å². The third-order valence-corrected chi connectivity index (χ3v) is 4.41. The Morgan fingerprint density at radius 1 is 1.00 bits per heavy atom. The summed E-state index contributed by atoms with van der Waals surface area (Å²) in [7, 11) is 0. The summed E-state index contributed by atoms with van der Waals surface area (Å²) in [6.07, 6.45) is 4.71. The van der Waals surface area contributed by atoms with Crippen LogP contribution in [0.15, 0.2) is 73.1 Å². The van der Waals surface area contributed by atoms with E-state index in [1.54, 1.807) is 19.3 Å². The molecule has 3 aromatic rings. The van der Waals surface area contributed by atoms with E-state index in [2.05, 4.69) is 17.2 Å². The molecule has 0 spiro atoms. The molecular formula is C23H24N2O2. The molecule has 0 saturated heterocycles. The van der Waals surface area contributed by atoms with Crippen LogP contribution >= 0.6 is 0 Å². The lowest BCUT2D eigenvalue weighted by molar-refractivity contribution is -0.122. The van der Waals surface area contributed by atoms with Crippen molar-refractivity contribution in [3.8, 4) is 5.75 Å². The minimum atomic E-state index is -0.575. The molecule has 1 heterocycles. The van der Waals surface area contributed by atoms with E-state index in [1.165, 1.54) is 11.1 Å². The summed E-state index contributed by atoms with van der Waals surface area (Å²) in [5.41, 5.74) is 4.24. The number of pyridine rings is 1. The van der Waals surface area contributed by atoms with E-state index in [0.29, 0.717) is 0 Å². The molecule has 1 N–H and O–H groups in total. The molecule has 0 bridgehead atoms. The van der Waals surface area contributed by atoms with Crippen molar-refractivity contribution in [2.45, 2.75) is 32.8 Å². The first kappa shape index (κ1) is 18.6. The Kier molecular flexibility index (Phi) is 6.21. The van der Waals surface area contributed by atoms with E-state index in [0.717, 1.165) is 29.8 Å². The van der Waals surface area contributed by atoms with Crippen molar-refractivity contribution < 1.29 is 9.53 Å². The van der Waals surface area contributed by atoms with Gasteiger partial charge in [-0.3, -0.25) is 9.78 Å². The average molecular weight is 360 g/mol. The van der Waals surface area contributed by atoms with Gasteiger partial charge in [-0.2, -0.15) is 0 Å². The van der Waals surface area contributed by atoms with Gasteiger partial charge in [-0.15, -0.1) is 0 Å². The van der Waals surface area contributed by atoms with Crippen LogP contribution in [0.4, 0.5) is 5.69 Å². The number of nitrogens with zero attached hydrogens (tertiary/aromatic N) is 1. The fourth-order valence-electron chi connectivity index (χ4n) is 2.84. The number of hydrogen-bond donors (Lipinski definition) is 1. The predicted octanol–water partition coefficient (Wildman–Crippen LogP) is 4.64. The zero-order valence-electron chi connectivity index (χ0n) is 15.7. The summed E-state index contributed by atoms with van der Waals surface area (Å²) >= 11 is 0. The zero-order chi connectivity index (χ0) is 19.1. The summed E-state index contributed by atoms with van der Waals surface area (Å²) < 4.78 is 5.86. The van der Waals surface area contributed by atoms with E-state index < -0.39 is 6.10 Å². The minimum Gasteiger partial charge on any atom is -0.481 e. The molecule has 2 aromatic carbocycles. The van der Waals surface area contributed by atoms with Crippen LogP contribution in [0.25, 0.3) is 0 Å². The summed E-state index contributed by atoms with van der Waals surface area (Å²) in [5, 5.41) is 2.92. The number of anilines is 1. The highest BCUT2D eigenvalue weighted by molar-refractivity contribution is 5.94. The fraction of sp³-hybridized carbons (Fsp3) is 0.217. The van der Waals surface area contributed by atoms with E-state index in [9.17, 15) is 4.79 Å². The second-order valence-electron chi connectivity index (χ2n) is 6.44. The number of nitrogens with one attached hydrogen (secondary N) is 1. The summed E-state index contributed by atoms with van der Waals surface area (Å²) in [5.74, 6) is 0.595. The average Bonchev–Trinajstić information content (AvgIpc) is 2.70. The van der Waals surface area contributed by atoms with Gasteiger partial charge in [-0.05, 0) is 66.8 Å². The van der Waals surface area contributed by atoms with E-state index >= 15 is 0 Å². The van der Waals surface area contributed by atoms with Crippen molar-refractivity contribution in [2.24, 2.45) is 0 Å². The van der Waals surface area contributed by atoms with Crippen molar-refractivity contribution in [2.75, 3.05) is 5.32 Å². The van der Waals surface area contributed by atoms with Crippen molar-refractivity contribution >= 4 is 11.6 Å². The second-order valence-corrected chi connectivity index (χ2v) is 6.44. The number of ether oxygens (including phenoxy) is 1. The molecular weight excluding hydrogens is 336 g/mol. The van der Waals surface area contributed by atoms with Crippen LogP contribution in [0.3, 0.4) is 0 Å². The van der Waals surface area contributed by atoms with Gasteiger partial charge in [0.25, 0.3) is 5.91 Å². The van der Waals surface area contributed by atoms with Gasteiger partial charge in [0.15, 0.2) is 6.10 Å². The van der Waals surface area contributed by atoms with Gasteiger partial charge >= 0.3 is 0 Å². The first-order valence-corrected chi connectivity index (χ1v) is 9.19. The topological polar surface area (TPSA) is 51.2 Å². The maximum Gasteiger partial charge on any atom is 0.265 e. The molecule has 1 amide bonds. The number of rotatable bonds is 7. The largest absolute Gasteiger partial charge is 0.481 e. The molecule has 4 heteroatoms. The highest BCUT2D eigenvalue weighted by Crippen LogP contribution is 2.20. The molecule has 3 rings (SSSR count). The lowest BCUT2D eigenvalue weighted by Crippen LogP contribution is -2.30. The number of aryl methyl sites for hydroxylation is 1. The smallest absolute Gasteiger partial charge is 0.265 e. The maximum absolute atomic E-state index is 12.4. The lowest BCUT2D eigenvalue weighted by Gasteiger charge is -2.17. The van der Waals surface area contributed by atoms with E-state index in [-0.39, 0.29) is 5.91 Å².